The van der Waals surface area contributed by atoms with Crippen molar-refractivity contribution >= 4 is 11.8 Å². The highest BCUT2D eigenvalue weighted by atomic mass is 16.2. The minimum absolute atomic E-state index is 0.0902. The summed E-state index contributed by atoms with van der Waals surface area (Å²) in [7, 11) is 0. The van der Waals surface area contributed by atoms with E-state index in [9.17, 15) is 9.59 Å². The van der Waals surface area contributed by atoms with Gasteiger partial charge in [0.2, 0.25) is 11.8 Å². The summed E-state index contributed by atoms with van der Waals surface area (Å²) in [6.45, 7) is 3.18. The highest BCUT2D eigenvalue weighted by Crippen LogP contribution is 2.30. The summed E-state index contributed by atoms with van der Waals surface area (Å²) in [6, 6.07) is 1.69. The molecule has 1 atom stereocenters. The number of amides is 2. The molecular weight excluding hydrogens is 320 g/mol. The number of imidazole rings is 1. The van der Waals surface area contributed by atoms with Gasteiger partial charge in [0.1, 0.15) is 0 Å². The molecule has 0 radical (unpaired) electrons. The van der Waals surface area contributed by atoms with E-state index in [1.165, 1.54) is 6.92 Å². The van der Waals surface area contributed by atoms with Crippen molar-refractivity contribution in [1.29, 1.82) is 0 Å². The van der Waals surface area contributed by atoms with E-state index in [0.29, 0.717) is 25.3 Å². The summed E-state index contributed by atoms with van der Waals surface area (Å²) in [5.41, 5.74) is 0.748. The Morgan fingerprint density at radius 2 is 2.24 bits per heavy atom. The first-order valence-electron chi connectivity index (χ1n) is 8.45. The van der Waals surface area contributed by atoms with Crippen LogP contribution in [0.4, 0.5) is 0 Å². The summed E-state index contributed by atoms with van der Waals surface area (Å²) < 4.78 is 1.90. The van der Waals surface area contributed by atoms with E-state index in [1.54, 1.807) is 24.8 Å². The van der Waals surface area contributed by atoms with Crippen LogP contribution in [-0.2, 0) is 22.7 Å². The van der Waals surface area contributed by atoms with Crippen molar-refractivity contribution in [2.45, 2.75) is 45.3 Å². The maximum atomic E-state index is 12.6. The Bertz CT molecular complexity index is 730. The second-order valence-corrected chi connectivity index (χ2v) is 6.11. The molecule has 3 rings (SSSR count). The molecule has 0 saturated carbocycles. The summed E-state index contributed by atoms with van der Waals surface area (Å²) in [5.74, 6) is 0.653. The van der Waals surface area contributed by atoms with Gasteiger partial charge in [-0.1, -0.05) is 0 Å². The van der Waals surface area contributed by atoms with E-state index in [4.69, 9.17) is 0 Å². The molecule has 1 fully saturated rings. The Kier molecular flexibility index (Phi) is 5.37. The van der Waals surface area contributed by atoms with E-state index in [-0.39, 0.29) is 17.9 Å². The van der Waals surface area contributed by atoms with Gasteiger partial charge >= 0.3 is 0 Å². The van der Waals surface area contributed by atoms with Crippen LogP contribution in [0.1, 0.15) is 43.7 Å². The zero-order valence-corrected chi connectivity index (χ0v) is 14.3. The number of aryl methyl sites for hydroxylation is 1. The predicted molar refractivity (Wildman–Crippen MR) is 90.1 cm³/mol. The summed E-state index contributed by atoms with van der Waals surface area (Å²) in [6.07, 6.45) is 9.19. The molecule has 1 N–H and O–H groups in total. The number of hydrogen-bond acceptors (Lipinski definition) is 5. The van der Waals surface area contributed by atoms with Crippen molar-refractivity contribution in [3.8, 4) is 0 Å². The van der Waals surface area contributed by atoms with E-state index < -0.39 is 0 Å². The molecule has 0 spiro atoms. The highest BCUT2D eigenvalue weighted by Gasteiger charge is 2.31. The van der Waals surface area contributed by atoms with E-state index in [1.807, 2.05) is 15.7 Å². The van der Waals surface area contributed by atoms with Gasteiger partial charge in [0, 0.05) is 45.0 Å². The fraction of sp³-hybridized carbons (Fsp3) is 0.471. The van der Waals surface area contributed by atoms with Crippen LogP contribution in [0, 0.1) is 0 Å². The average Bonchev–Trinajstić information content (AvgIpc) is 3.29. The summed E-state index contributed by atoms with van der Waals surface area (Å²) in [5, 5.41) is 2.73. The Morgan fingerprint density at radius 3 is 3.00 bits per heavy atom. The number of carbonyl (C=O) groups is 2. The standard InChI is InChI=1S/C17H22N6O2/c1-13(24)20-11-14-4-6-19-17(21-14)15-3-2-8-23(15)16(25)5-9-22-10-7-18-12-22/h4,6-7,10,12,15H,2-3,5,8-9,11H2,1H3,(H,20,24). The summed E-state index contributed by atoms with van der Waals surface area (Å²) >= 11 is 0. The second-order valence-electron chi connectivity index (χ2n) is 6.11. The molecule has 1 saturated heterocycles. The first-order valence-corrected chi connectivity index (χ1v) is 8.45. The lowest BCUT2D eigenvalue weighted by molar-refractivity contribution is -0.132. The molecule has 25 heavy (non-hydrogen) atoms. The van der Waals surface area contributed by atoms with Crippen LogP contribution >= 0.6 is 0 Å². The average molecular weight is 342 g/mol. The smallest absolute Gasteiger partial charge is 0.224 e. The SMILES string of the molecule is CC(=O)NCc1ccnc(C2CCCN2C(=O)CCn2ccnc2)n1. The Balaban J connectivity index is 1.65. The minimum atomic E-state index is -0.0997. The molecule has 8 nitrogen and oxygen atoms in total. The maximum absolute atomic E-state index is 12.6. The largest absolute Gasteiger partial charge is 0.351 e. The van der Waals surface area contributed by atoms with Gasteiger partial charge in [-0.3, -0.25) is 9.59 Å². The van der Waals surface area contributed by atoms with Crippen LogP contribution < -0.4 is 5.32 Å². The zero-order valence-electron chi connectivity index (χ0n) is 14.3. The monoisotopic (exact) mass is 342 g/mol. The molecule has 132 valence electrons. The molecule has 0 aromatic carbocycles. The third-order valence-electron chi connectivity index (χ3n) is 4.26. The van der Waals surface area contributed by atoms with Crippen molar-refractivity contribution < 1.29 is 9.59 Å². The van der Waals surface area contributed by atoms with Crippen LogP contribution in [0.25, 0.3) is 0 Å². The topological polar surface area (TPSA) is 93.0 Å². The summed E-state index contributed by atoms with van der Waals surface area (Å²) in [4.78, 5) is 38.4. The quantitative estimate of drug-likeness (QED) is 0.847. The fourth-order valence-electron chi connectivity index (χ4n) is 3.01. The zero-order chi connectivity index (χ0) is 17.6. The lowest BCUT2D eigenvalue weighted by Gasteiger charge is -2.24. The van der Waals surface area contributed by atoms with Crippen molar-refractivity contribution in [3.63, 3.8) is 0 Å². The maximum Gasteiger partial charge on any atom is 0.224 e. The van der Waals surface area contributed by atoms with Gasteiger partial charge in [-0.15, -0.1) is 0 Å². The van der Waals surface area contributed by atoms with Gasteiger partial charge < -0.3 is 14.8 Å². The minimum Gasteiger partial charge on any atom is -0.351 e. The fourth-order valence-corrected chi connectivity index (χ4v) is 3.01. The Morgan fingerprint density at radius 1 is 1.36 bits per heavy atom. The lowest BCUT2D eigenvalue weighted by atomic mass is 10.2. The van der Waals surface area contributed by atoms with E-state index in [2.05, 4.69) is 20.3 Å². The number of aromatic nitrogens is 4. The Hall–Kier alpha value is -2.77. The molecular formula is C17H22N6O2. The lowest BCUT2D eigenvalue weighted by Crippen LogP contribution is -2.32. The van der Waals surface area contributed by atoms with E-state index in [0.717, 1.165) is 25.1 Å². The van der Waals surface area contributed by atoms with Gasteiger partial charge in [0.25, 0.3) is 0 Å². The highest BCUT2D eigenvalue weighted by molar-refractivity contribution is 5.76. The van der Waals surface area contributed by atoms with Crippen LogP contribution in [-0.4, -0.2) is 42.8 Å². The number of carbonyl (C=O) groups excluding carboxylic acids is 2. The number of likely N-dealkylation sites (tertiary alicyclic amines) is 1. The van der Waals surface area contributed by atoms with Crippen LogP contribution in [0.2, 0.25) is 0 Å². The molecule has 2 amide bonds. The number of rotatable bonds is 6. The third-order valence-corrected chi connectivity index (χ3v) is 4.26. The third kappa shape index (κ3) is 4.40. The van der Waals surface area contributed by atoms with Crippen LogP contribution in [0.5, 0.6) is 0 Å². The first-order chi connectivity index (χ1) is 12.1. The van der Waals surface area contributed by atoms with E-state index >= 15 is 0 Å². The van der Waals surface area contributed by atoms with Gasteiger partial charge in [-0.25, -0.2) is 15.0 Å². The molecule has 0 aliphatic carbocycles. The molecule has 1 aliphatic heterocycles. The first kappa shape index (κ1) is 17.1. The van der Waals surface area contributed by atoms with Gasteiger partial charge in [-0.2, -0.15) is 0 Å². The number of hydrogen-bond donors (Lipinski definition) is 1. The van der Waals surface area contributed by atoms with Crippen molar-refractivity contribution in [1.82, 2.24) is 29.7 Å². The second kappa shape index (κ2) is 7.87. The predicted octanol–water partition coefficient (Wildman–Crippen LogP) is 1.06. The molecule has 2 aromatic heterocycles. The molecule has 0 bridgehead atoms. The molecule has 2 aromatic rings. The number of nitrogens with zero attached hydrogens (tertiary/aromatic N) is 5. The normalized spacial score (nSPS) is 16.8. The molecule has 1 unspecified atom stereocenters. The van der Waals surface area contributed by atoms with Gasteiger partial charge in [0.05, 0.1) is 24.6 Å². The molecule has 3 heterocycles. The molecule has 1 aliphatic rings. The van der Waals surface area contributed by atoms with Crippen LogP contribution in [0.3, 0.4) is 0 Å². The van der Waals surface area contributed by atoms with Crippen molar-refractivity contribution in [2.75, 3.05) is 6.54 Å². The number of nitrogens with one attached hydrogen (secondary N) is 1. The van der Waals surface area contributed by atoms with Crippen molar-refractivity contribution in [3.05, 3.63) is 42.5 Å². The van der Waals surface area contributed by atoms with Gasteiger partial charge in [-0.05, 0) is 18.9 Å². The van der Waals surface area contributed by atoms with Crippen molar-refractivity contribution in [2.24, 2.45) is 0 Å². The van der Waals surface area contributed by atoms with Crippen LogP contribution in [0.15, 0.2) is 31.0 Å². The van der Waals surface area contributed by atoms with Gasteiger partial charge in [0.15, 0.2) is 5.82 Å². The molecule has 8 heteroatoms. The Labute approximate surface area is 146 Å².